The van der Waals surface area contributed by atoms with Gasteiger partial charge in [-0.25, -0.2) is 0 Å². The van der Waals surface area contributed by atoms with E-state index >= 15 is 0 Å². The first-order valence-corrected chi connectivity index (χ1v) is 7.35. The van der Waals surface area contributed by atoms with E-state index in [2.05, 4.69) is 0 Å². The summed E-state index contributed by atoms with van der Waals surface area (Å²) in [6.07, 6.45) is -2.49. The van der Waals surface area contributed by atoms with Crippen molar-refractivity contribution in [1.82, 2.24) is 5.06 Å². The number of hydrogen-bond acceptors (Lipinski definition) is 3. The van der Waals surface area contributed by atoms with Gasteiger partial charge in [0.05, 0.1) is 18.2 Å². The standard InChI is InChI=1S/C16H18F3NO2/c1-11-10-20(14-6-8-21-9-7-14)22-15(11)12-2-4-13(5-3-12)16(17,18)19/h2-5,14H,6-10H2,1H3. The number of hydrogen-bond donors (Lipinski definition) is 0. The van der Waals surface area contributed by atoms with Crippen LogP contribution < -0.4 is 0 Å². The van der Waals surface area contributed by atoms with Crippen molar-refractivity contribution in [2.24, 2.45) is 0 Å². The molecule has 3 nitrogen and oxygen atoms in total. The Hall–Kier alpha value is -1.53. The van der Waals surface area contributed by atoms with E-state index in [1.54, 1.807) is 0 Å². The van der Waals surface area contributed by atoms with E-state index < -0.39 is 11.7 Å². The fourth-order valence-corrected chi connectivity index (χ4v) is 2.82. The van der Waals surface area contributed by atoms with Crippen LogP contribution in [-0.4, -0.2) is 30.9 Å². The van der Waals surface area contributed by atoms with Crippen LogP contribution in [0.4, 0.5) is 13.2 Å². The highest BCUT2D eigenvalue weighted by molar-refractivity contribution is 5.64. The second-order valence-corrected chi connectivity index (χ2v) is 5.69. The minimum atomic E-state index is -4.31. The summed E-state index contributed by atoms with van der Waals surface area (Å²) in [5.41, 5.74) is 1.07. The molecule has 1 fully saturated rings. The van der Waals surface area contributed by atoms with Gasteiger partial charge in [0.1, 0.15) is 0 Å². The van der Waals surface area contributed by atoms with Gasteiger partial charge in [-0.05, 0) is 37.5 Å². The Labute approximate surface area is 127 Å². The molecular weight excluding hydrogens is 295 g/mol. The maximum atomic E-state index is 12.6. The molecule has 0 radical (unpaired) electrons. The summed E-state index contributed by atoms with van der Waals surface area (Å²) in [5.74, 6) is 0.667. The largest absolute Gasteiger partial charge is 0.416 e. The molecule has 0 aromatic heterocycles. The lowest BCUT2D eigenvalue weighted by Crippen LogP contribution is -2.37. The van der Waals surface area contributed by atoms with Crippen LogP contribution in [0, 0.1) is 0 Å². The Balaban J connectivity index is 1.73. The van der Waals surface area contributed by atoms with Gasteiger partial charge in [-0.3, -0.25) is 0 Å². The van der Waals surface area contributed by atoms with Gasteiger partial charge in [0.15, 0.2) is 5.76 Å². The molecule has 0 aliphatic carbocycles. The van der Waals surface area contributed by atoms with Crippen molar-refractivity contribution in [3.8, 4) is 0 Å². The molecule has 2 aliphatic heterocycles. The lowest BCUT2D eigenvalue weighted by molar-refractivity contribution is -0.137. The smallest absolute Gasteiger partial charge is 0.405 e. The number of halogens is 3. The maximum absolute atomic E-state index is 12.6. The highest BCUT2D eigenvalue weighted by Gasteiger charge is 2.32. The van der Waals surface area contributed by atoms with Crippen LogP contribution in [0.1, 0.15) is 30.9 Å². The van der Waals surface area contributed by atoms with Crippen molar-refractivity contribution in [3.05, 3.63) is 41.0 Å². The van der Waals surface area contributed by atoms with Gasteiger partial charge in [-0.15, -0.1) is 5.06 Å². The summed E-state index contributed by atoms with van der Waals surface area (Å²) in [6, 6.07) is 5.42. The third-order valence-electron chi connectivity index (χ3n) is 4.06. The Bertz CT molecular complexity index is 560. The molecule has 1 aromatic rings. The quantitative estimate of drug-likeness (QED) is 0.827. The SMILES string of the molecule is CC1=C(c2ccc(C(F)(F)F)cc2)ON(C2CCOCC2)C1. The molecule has 1 saturated heterocycles. The zero-order valence-corrected chi connectivity index (χ0v) is 12.3. The Kier molecular flexibility index (Phi) is 4.14. The lowest BCUT2D eigenvalue weighted by atomic mass is 10.1. The normalized spacial score (nSPS) is 21.3. The molecule has 0 atom stereocenters. The molecule has 0 bridgehead atoms. The molecule has 6 heteroatoms. The molecule has 120 valence electrons. The average Bonchev–Trinajstić information content (AvgIpc) is 2.89. The molecule has 2 heterocycles. The molecule has 0 amide bonds. The summed E-state index contributed by atoms with van der Waals surface area (Å²) in [4.78, 5) is 5.90. The molecule has 1 aromatic carbocycles. The van der Waals surface area contributed by atoms with Crippen LogP contribution in [0.25, 0.3) is 5.76 Å². The maximum Gasteiger partial charge on any atom is 0.416 e. The predicted molar refractivity (Wildman–Crippen MR) is 75.7 cm³/mol. The number of ether oxygens (including phenoxy) is 1. The Morgan fingerprint density at radius 3 is 2.32 bits per heavy atom. The second-order valence-electron chi connectivity index (χ2n) is 5.69. The summed E-state index contributed by atoms with van der Waals surface area (Å²) in [6.45, 7) is 4.08. The number of alkyl halides is 3. The van der Waals surface area contributed by atoms with Crippen LogP contribution >= 0.6 is 0 Å². The van der Waals surface area contributed by atoms with Crippen molar-refractivity contribution >= 4 is 5.76 Å². The van der Waals surface area contributed by atoms with Gasteiger partial charge in [0, 0.05) is 18.8 Å². The summed E-state index contributed by atoms with van der Waals surface area (Å²) < 4.78 is 43.2. The number of nitrogens with zero attached hydrogens (tertiary/aromatic N) is 1. The van der Waals surface area contributed by atoms with Crippen molar-refractivity contribution in [1.29, 1.82) is 0 Å². The topological polar surface area (TPSA) is 21.7 Å². The van der Waals surface area contributed by atoms with E-state index in [4.69, 9.17) is 9.57 Å². The van der Waals surface area contributed by atoms with Gasteiger partial charge >= 0.3 is 6.18 Å². The molecule has 0 N–H and O–H groups in total. The van der Waals surface area contributed by atoms with Crippen molar-refractivity contribution in [2.45, 2.75) is 32.0 Å². The van der Waals surface area contributed by atoms with Gasteiger partial charge < -0.3 is 9.57 Å². The van der Waals surface area contributed by atoms with Gasteiger partial charge in [-0.2, -0.15) is 13.2 Å². The molecule has 0 spiro atoms. The zero-order valence-electron chi connectivity index (χ0n) is 12.3. The van der Waals surface area contributed by atoms with E-state index in [0.717, 1.165) is 43.8 Å². The fraction of sp³-hybridized carbons (Fsp3) is 0.500. The number of hydroxylamine groups is 2. The highest BCUT2D eigenvalue weighted by Crippen LogP contribution is 2.34. The second kappa shape index (κ2) is 5.93. The van der Waals surface area contributed by atoms with E-state index in [1.807, 2.05) is 12.0 Å². The summed E-state index contributed by atoms with van der Waals surface area (Å²) in [5, 5.41) is 1.92. The number of benzene rings is 1. The number of rotatable bonds is 2. The van der Waals surface area contributed by atoms with E-state index in [-0.39, 0.29) is 0 Å². The predicted octanol–water partition coefficient (Wildman–Crippen LogP) is 3.86. The first-order chi connectivity index (χ1) is 10.4. The van der Waals surface area contributed by atoms with Crippen LogP contribution in [0.3, 0.4) is 0 Å². The van der Waals surface area contributed by atoms with E-state index in [9.17, 15) is 13.2 Å². The zero-order chi connectivity index (χ0) is 15.7. The van der Waals surface area contributed by atoms with Crippen molar-refractivity contribution in [3.63, 3.8) is 0 Å². The molecule has 0 unspecified atom stereocenters. The average molecular weight is 313 g/mol. The highest BCUT2D eigenvalue weighted by atomic mass is 19.4. The van der Waals surface area contributed by atoms with Gasteiger partial charge in [-0.1, -0.05) is 12.1 Å². The molecule has 2 aliphatic rings. The van der Waals surface area contributed by atoms with Crippen molar-refractivity contribution < 1.29 is 22.7 Å². The first-order valence-electron chi connectivity index (χ1n) is 7.35. The van der Waals surface area contributed by atoms with Crippen LogP contribution in [0.2, 0.25) is 0 Å². The molecule has 3 rings (SSSR count). The summed E-state index contributed by atoms with van der Waals surface area (Å²) in [7, 11) is 0. The fourth-order valence-electron chi connectivity index (χ4n) is 2.82. The molecular formula is C16H18F3NO2. The van der Waals surface area contributed by atoms with Crippen LogP contribution in [0.5, 0.6) is 0 Å². The minimum Gasteiger partial charge on any atom is -0.405 e. The van der Waals surface area contributed by atoms with Gasteiger partial charge in [0.25, 0.3) is 0 Å². The Morgan fingerprint density at radius 1 is 1.09 bits per heavy atom. The molecule has 0 saturated carbocycles. The summed E-state index contributed by atoms with van der Waals surface area (Å²) >= 11 is 0. The first kappa shape index (κ1) is 15.4. The minimum absolute atomic E-state index is 0.302. The van der Waals surface area contributed by atoms with Crippen LogP contribution in [0.15, 0.2) is 29.8 Å². The lowest BCUT2D eigenvalue weighted by Gasteiger charge is -2.30. The van der Waals surface area contributed by atoms with Crippen molar-refractivity contribution in [2.75, 3.05) is 19.8 Å². The Morgan fingerprint density at radius 2 is 1.73 bits per heavy atom. The third-order valence-corrected chi connectivity index (χ3v) is 4.06. The monoisotopic (exact) mass is 313 g/mol. The van der Waals surface area contributed by atoms with E-state index in [0.29, 0.717) is 23.9 Å². The van der Waals surface area contributed by atoms with Crippen LogP contribution in [-0.2, 0) is 15.8 Å². The van der Waals surface area contributed by atoms with E-state index in [1.165, 1.54) is 12.1 Å². The third kappa shape index (κ3) is 3.13. The van der Waals surface area contributed by atoms with Gasteiger partial charge in [0.2, 0.25) is 0 Å². The molecule has 22 heavy (non-hydrogen) atoms.